The van der Waals surface area contributed by atoms with Crippen molar-refractivity contribution in [2.24, 2.45) is 26.6 Å². The van der Waals surface area contributed by atoms with Gasteiger partial charge in [-0.1, -0.05) is 13.8 Å². The highest BCUT2D eigenvalue weighted by Gasteiger charge is 2.36. The summed E-state index contributed by atoms with van der Waals surface area (Å²) < 4.78 is 12.9. The summed E-state index contributed by atoms with van der Waals surface area (Å²) in [6, 6.07) is 0. The molecule has 0 fully saturated rings. The summed E-state index contributed by atoms with van der Waals surface area (Å²) in [7, 11) is 0. The van der Waals surface area contributed by atoms with Crippen LogP contribution < -0.4 is 0 Å². The number of hydrogen-bond donors (Lipinski definition) is 0. The summed E-state index contributed by atoms with van der Waals surface area (Å²) in [5, 5.41) is 12.5. The van der Waals surface area contributed by atoms with Crippen LogP contribution in [0, 0.1) is 5.92 Å². The average molecular weight is 130 g/mol. The Morgan fingerprint density at radius 2 is 1.67 bits per heavy atom. The lowest BCUT2D eigenvalue weighted by Gasteiger charge is -2.11. The first kappa shape index (κ1) is 6.25. The Hall–Kier alpha value is -0.870. The van der Waals surface area contributed by atoms with Crippen LogP contribution in [0.15, 0.2) is 20.7 Å². The topological polar surface area (TPSA) is 49.4 Å². The van der Waals surface area contributed by atoms with Crippen LogP contribution in [0.2, 0.25) is 0 Å². The van der Waals surface area contributed by atoms with Gasteiger partial charge in [0.15, 0.2) is 0 Å². The molecule has 0 spiro atoms. The molecule has 0 saturated carbocycles. The Morgan fingerprint density at radius 1 is 1.22 bits per heavy atom. The van der Waals surface area contributed by atoms with Crippen molar-refractivity contribution >= 4 is 0 Å². The normalized spacial score (nSPS) is 21.8. The third-order valence-electron chi connectivity index (χ3n) is 1.14. The molecule has 0 atom stereocenters. The molecule has 0 aromatic carbocycles. The highest BCUT2D eigenvalue weighted by molar-refractivity contribution is 4.75. The molecule has 0 unspecified atom stereocenters. The van der Waals surface area contributed by atoms with Gasteiger partial charge in [-0.25, -0.2) is 0 Å². The molecule has 0 saturated heterocycles. The second-order valence-electron chi connectivity index (χ2n) is 2.17. The fourth-order valence-electron chi connectivity index (χ4n) is 0.416. The lowest BCUT2D eigenvalue weighted by molar-refractivity contribution is 0.119. The smallest absolute Gasteiger partial charge is 0.187 e. The molecule has 0 aromatic heterocycles. The number of alkyl halides is 1. The van der Waals surface area contributed by atoms with Gasteiger partial charge in [0.05, 0.1) is 0 Å². The van der Waals surface area contributed by atoms with E-state index >= 15 is 0 Å². The molecule has 0 radical (unpaired) electrons. The van der Waals surface area contributed by atoms with Crippen LogP contribution in [0.3, 0.4) is 0 Å². The van der Waals surface area contributed by atoms with E-state index in [1.54, 1.807) is 13.8 Å². The molecule has 0 aromatic rings. The minimum Gasteiger partial charge on any atom is -0.187 e. The Labute approximate surface area is 51.9 Å². The zero-order valence-electron chi connectivity index (χ0n) is 5.24. The van der Waals surface area contributed by atoms with Crippen molar-refractivity contribution in [3.8, 4) is 0 Å². The van der Waals surface area contributed by atoms with Crippen molar-refractivity contribution in [3.63, 3.8) is 0 Å². The van der Waals surface area contributed by atoms with Gasteiger partial charge in [0.25, 0.3) is 0 Å². The van der Waals surface area contributed by atoms with Crippen LogP contribution in [-0.4, -0.2) is 5.92 Å². The van der Waals surface area contributed by atoms with E-state index in [9.17, 15) is 4.39 Å². The molecule has 1 aliphatic rings. The molecular weight excluding hydrogens is 123 g/mol. The number of halogens is 1. The second kappa shape index (κ2) is 1.82. The minimum atomic E-state index is -1.89. The maximum absolute atomic E-state index is 12.9. The molecule has 9 heavy (non-hydrogen) atoms. The van der Waals surface area contributed by atoms with Crippen molar-refractivity contribution in [1.29, 1.82) is 0 Å². The van der Waals surface area contributed by atoms with Crippen molar-refractivity contribution in [3.05, 3.63) is 0 Å². The zero-order chi connectivity index (χ0) is 6.91. The predicted molar refractivity (Wildman–Crippen MR) is 28.4 cm³/mol. The third kappa shape index (κ3) is 0.940. The lowest BCUT2D eigenvalue weighted by Crippen LogP contribution is -2.21. The van der Waals surface area contributed by atoms with E-state index in [4.69, 9.17) is 0 Å². The standard InChI is InChI=1S/C4H7FN4/c1-3(2)4(5)6-8-9-7-4/h3H,1-2H3. The largest absolute Gasteiger partial charge is 0.334 e. The van der Waals surface area contributed by atoms with Crippen molar-refractivity contribution in [1.82, 2.24) is 0 Å². The van der Waals surface area contributed by atoms with E-state index in [0.717, 1.165) is 0 Å². The van der Waals surface area contributed by atoms with Gasteiger partial charge < -0.3 is 0 Å². The van der Waals surface area contributed by atoms with Crippen LogP contribution >= 0.6 is 0 Å². The van der Waals surface area contributed by atoms with E-state index in [1.165, 1.54) is 0 Å². The van der Waals surface area contributed by atoms with Crippen LogP contribution in [0.4, 0.5) is 4.39 Å². The zero-order valence-corrected chi connectivity index (χ0v) is 5.24. The molecule has 50 valence electrons. The fraction of sp³-hybridized carbons (Fsp3) is 1.00. The molecule has 4 nitrogen and oxygen atoms in total. The molecule has 1 aliphatic heterocycles. The monoisotopic (exact) mass is 130 g/mol. The fourth-order valence-corrected chi connectivity index (χ4v) is 0.416. The maximum Gasteiger partial charge on any atom is 0.334 e. The van der Waals surface area contributed by atoms with E-state index in [-0.39, 0.29) is 5.92 Å². The van der Waals surface area contributed by atoms with E-state index in [1.807, 2.05) is 0 Å². The van der Waals surface area contributed by atoms with Crippen LogP contribution in [0.25, 0.3) is 0 Å². The van der Waals surface area contributed by atoms with Crippen molar-refractivity contribution in [2.75, 3.05) is 0 Å². The summed E-state index contributed by atoms with van der Waals surface area (Å²) in [4.78, 5) is 0. The van der Waals surface area contributed by atoms with E-state index in [2.05, 4.69) is 20.7 Å². The summed E-state index contributed by atoms with van der Waals surface area (Å²) in [6.07, 6.45) is 0. The molecule has 0 N–H and O–H groups in total. The Bertz CT molecular complexity index is 150. The molecular formula is C4H7FN4. The molecule has 1 heterocycles. The molecule has 5 heteroatoms. The summed E-state index contributed by atoms with van der Waals surface area (Å²) >= 11 is 0. The van der Waals surface area contributed by atoms with E-state index < -0.39 is 5.92 Å². The SMILES string of the molecule is CC(C)C1(F)N=NN=N1. The quantitative estimate of drug-likeness (QED) is 0.488. The Balaban J connectivity index is 2.75. The molecule has 0 aliphatic carbocycles. The maximum atomic E-state index is 12.9. The van der Waals surface area contributed by atoms with Gasteiger partial charge in [0, 0.05) is 5.92 Å². The highest BCUT2D eigenvalue weighted by atomic mass is 19.1. The van der Waals surface area contributed by atoms with Gasteiger partial charge in [0.1, 0.15) is 0 Å². The number of rotatable bonds is 1. The van der Waals surface area contributed by atoms with Gasteiger partial charge in [0.2, 0.25) is 0 Å². The van der Waals surface area contributed by atoms with Gasteiger partial charge in [-0.3, -0.25) is 0 Å². The Morgan fingerprint density at radius 3 is 1.89 bits per heavy atom. The van der Waals surface area contributed by atoms with Crippen molar-refractivity contribution in [2.45, 2.75) is 19.8 Å². The predicted octanol–water partition coefficient (Wildman–Crippen LogP) is 2.10. The molecule has 0 amide bonds. The van der Waals surface area contributed by atoms with Crippen LogP contribution in [0.1, 0.15) is 13.8 Å². The van der Waals surface area contributed by atoms with Crippen molar-refractivity contribution < 1.29 is 4.39 Å². The van der Waals surface area contributed by atoms with Gasteiger partial charge in [-0.05, 0) is 10.4 Å². The lowest BCUT2D eigenvalue weighted by atomic mass is 10.1. The second-order valence-corrected chi connectivity index (χ2v) is 2.17. The highest BCUT2D eigenvalue weighted by Crippen LogP contribution is 2.29. The van der Waals surface area contributed by atoms with Crippen LogP contribution in [0.5, 0.6) is 0 Å². The first-order valence-electron chi connectivity index (χ1n) is 2.68. The first-order chi connectivity index (χ1) is 4.15. The van der Waals surface area contributed by atoms with E-state index in [0.29, 0.717) is 0 Å². The number of nitrogens with zero attached hydrogens (tertiary/aromatic N) is 4. The van der Waals surface area contributed by atoms with Gasteiger partial charge in [-0.15, -0.1) is 10.2 Å². The Kier molecular flexibility index (Phi) is 1.27. The first-order valence-corrected chi connectivity index (χ1v) is 2.68. The summed E-state index contributed by atoms with van der Waals surface area (Å²) in [5.41, 5.74) is 0. The summed E-state index contributed by atoms with van der Waals surface area (Å²) in [6.45, 7) is 3.34. The minimum absolute atomic E-state index is 0.299. The van der Waals surface area contributed by atoms with Gasteiger partial charge in [-0.2, -0.15) is 4.39 Å². The molecule has 1 rings (SSSR count). The van der Waals surface area contributed by atoms with Gasteiger partial charge >= 0.3 is 5.92 Å². The third-order valence-corrected chi connectivity index (χ3v) is 1.14. The average Bonchev–Trinajstić information content (AvgIpc) is 2.16. The molecule has 0 bridgehead atoms. The summed E-state index contributed by atoms with van der Waals surface area (Å²) in [5.74, 6) is -2.19. The van der Waals surface area contributed by atoms with Crippen LogP contribution in [-0.2, 0) is 0 Å². The number of hydrogen-bond acceptors (Lipinski definition) is 4.